The highest BCUT2D eigenvalue weighted by molar-refractivity contribution is 6.33. The van der Waals surface area contributed by atoms with E-state index in [0.29, 0.717) is 33.4 Å². The number of furan rings is 1. The summed E-state index contributed by atoms with van der Waals surface area (Å²) in [4.78, 5) is 25.9. The molecule has 0 radical (unpaired) electrons. The summed E-state index contributed by atoms with van der Waals surface area (Å²) >= 11 is 0. The molecular formula is C21H12O4. The van der Waals surface area contributed by atoms with E-state index in [-0.39, 0.29) is 17.3 Å². The molecule has 0 fully saturated rings. The topological polar surface area (TPSA) is 56.5 Å². The van der Waals surface area contributed by atoms with E-state index in [1.807, 2.05) is 24.3 Å². The van der Waals surface area contributed by atoms with Gasteiger partial charge in [-0.3, -0.25) is 9.59 Å². The summed E-state index contributed by atoms with van der Waals surface area (Å²) in [5, 5.41) is 2.46. The van der Waals surface area contributed by atoms with Crippen molar-refractivity contribution in [2.24, 2.45) is 0 Å². The van der Waals surface area contributed by atoms with Crippen LogP contribution in [0.5, 0.6) is 5.75 Å². The van der Waals surface area contributed by atoms with Gasteiger partial charge in [-0.25, -0.2) is 0 Å². The number of carbonyl (C=O) groups excluding carboxylic acids is 2. The zero-order valence-electron chi connectivity index (χ0n) is 13.3. The normalized spacial score (nSPS) is 13.2. The molecule has 25 heavy (non-hydrogen) atoms. The van der Waals surface area contributed by atoms with E-state index in [1.165, 1.54) is 0 Å². The first kappa shape index (κ1) is 14.0. The van der Waals surface area contributed by atoms with E-state index in [4.69, 9.17) is 9.15 Å². The fourth-order valence-corrected chi connectivity index (χ4v) is 3.54. The SMILES string of the molecule is COc1ccc2ccc3oc4c(c3c2c1)C(=O)c1ccccc1C4=O. The number of carbonyl (C=O) groups is 2. The average Bonchev–Trinajstić information content (AvgIpc) is 3.06. The predicted octanol–water partition coefficient (Wildman–Crippen LogP) is 4.37. The Labute approximate surface area is 142 Å². The minimum absolute atomic E-state index is 0.119. The number of rotatable bonds is 1. The van der Waals surface area contributed by atoms with Gasteiger partial charge in [-0.15, -0.1) is 0 Å². The van der Waals surface area contributed by atoms with Crippen LogP contribution in [0.25, 0.3) is 21.7 Å². The van der Waals surface area contributed by atoms with Crippen LogP contribution < -0.4 is 4.74 Å². The largest absolute Gasteiger partial charge is 0.497 e. The predicted molar refractivity (Wildman–Crippen MR) is 93.6 cm³/mol. The maximum absolute atomic E-state index is 13.1. The van der Waals surface area contributed by atoms with Gasteiger partial charge in [0.05, 0.1) is 12.7 Å². The van der Waals surface area contributed by atoms with Crippen LogP contribution >= 0.6 is 0 Å². The number of hydrogen-bond acceptors (Lipinski definition) is 4. The molecular weight excluding hydrogens is 316 g/mol. The molecule has 0 unspecified atom stereocenters. The zero-order chi connectivity index (χ0) is 17.1. The molecule has 4 aromatic rings. The third-order valence-electron chi connectivity index (χ3n) is 4.73. The van der Waals surface area contributed by atoms with Crippen LogP contribution in [-0.4, -0.2) is 18.7 Å². The maximum Gasteiger partial charge on any atom is 0.229 e. The Kier molecular flexibility index (Phi) is 2.69. The van der Waals surface area contributed by atoms with Crippen LogP contribution in [0.2, 0.25) is 0 Å². The molecule has 4 nitrogen and oxygen atoms in total. The van der Waals surface area contributed by atoms with Gasteiger partial charge in [-0.2, -0.15) is 0 Å². The van der Waals surface area contributed by atoms with Crippen molar-refractivity contribution >= 4 is 33.3 Å². The van der Waals surface area contributed by atoms with Crippen molar-refractivity contribution in [3.63, 3.8) is 0 Å². The van der Waals surface area contributed by atoms with E-state index in [2.05, 4.69) is 0 Å². The minimum atomic E-state index is -0.252. The third-order valence-corrected chi connectivity index (χ3v) is 4.73. The van der Waals surface area contributed by atoms with E-state index >= 15 is 0 Å². The van der Waals surface area contributed by atoms with Gasteiger partial charge in [0.25, 0.3) is 0 Å². The van der Waals surface area contributed by atoms with Crippen molar-refractivity contribution in [2.45, 2.75) is 0 Å². The Morgan fingerprint density at radius 2 is 1.60 bits per heavy atom. The molecule has 0 spiro atoms. The molecule has 1 aliphatic rings. The first-order valence-electron chi connectivity index (χ1n) is 7.90. The van der Waals surface area contributed by atoms with E-state index in [9.17, 15) is 9.59 Å². The van der Waals surface area contributed by atoms with Gasteiger partial charge in [-0.05, 0) is 29.0 Å². The Balaban J connectivity index is 1.94. The number of ketones is 2. The Morgan fingerprint density at radius 3 is 2.36 bits per heavy atom. The molecule has 0 saturated carbocycles. The highest BCUT2D eigenvalue weighted by atomic mass is 16.5. The number of fused-ring (bicyclic) bond motifs is 6. The third kappa shape index (κ3) is 1.76. The van der Waals surface area contributed by atoms with Crippen molar-refractivity contribution in [3.05, 3.63) is 77.0 Å². The molecule has 0 amide bonds. The van der Waals surface area contributed by atoms with Crippen molar-refractivity contribution in [2.75, 3.05) is 7.11 Å². The van der Waals surface area contributed by atoms with Crippen molar-refractivity contribution < 1.29 is 18.7 Å². The van der Waals surface area contributed by atoms with E-state index in [0.717, 1.165) is 10.8 Å². The van der Waals surface area contributed by atoms with Gasteiger partial charge in [0.15, 0.2) is 11.5 Å². The molecule has 1 heterocycles. The second kappa shape index (κ2) is 4.80. The van der Waals surface area contributed by atoms with Gasteiger partial charge < -0.3 is 9.15 Å². The summed E-state index contributed by atoms with van der Waals surface area (Å²) in [5.41, 5.74) is 1.68. The molecule has 0 N–H and O–H groups in total. The number of methoxy groups -OCH3 is 1. The fraction of sp³-hybridized carbons (Fsp3) is 0.0476. The smallest absolute Gasteiger partial charge is 0.229 e. The molecule has 1 aromatic heterocycles. The summed E-state index contributed by atoms with van der Waals surface area (Å²) < 4.78 is 11.1. The van der Waals surface area contributed by atoms with Crippen molar-refractivity contribution in [1.29, 1.82) is 0 Å². The van der Waals surface area contributed by atoms with E-state index in [1.54, 1.807) is 37.4 Å². The Hall–Kier alpha value is -3.40. The standard InChI is InChI=1S/C21H12O4/c1-24-12-8-6-11-7-9-16-17(15(11)10-12)18-19(22)13-4-2-3-5-14(13)20(23)21(18)25-16/h2-10H,1H3. The zero-order valence-corrected chi connectivity index (χ0v) is 13.3. The van der Waals surface area contributed by atoms with Crippen LogP contribution in [0.15, 0.2) is 59.0 Å². The quantitative estimate of drug-likeness (QED) is 0.458. The van der Waals surface area contributed by atoms with Crippen molar-refractivity contribution in [3.8, 4) is 5.75 Å². The molecule has 5 rings (SSSR count). The Morgan fingerprint density at radius 1 is 0.880 bits per heavy atom. The van der Waals surface area contributed by atoms with E-state index < -0.39 is 0 Å². The molecule has 1 aliphatic carbocycles. The molecule has 4 heteroatoms. The number of ether oxygens (including phenoxy) is 1. The van der Waals surface area contributed by atoms with Crippen LogP contribution in [-0.2, 0) is 0 Å². The minimum Gasteiger partial charge on any atom is -0.497 e. The first-order valence-corrected chi connectivity index (χ1v) is 7.90. The summed E-state index contributed by atoms with van der Waals surface area (Å²) in [6.07, 6.45) is 0. The molecule has 0 bridgehead atoms. The van der Waals surface area contributed by atoms with Gasteiger partial charge in [0.2, 0.25) is 5.78 Å². The summed E-state index contributed by atoms with van der Waals surface area (Å²) in [6, 6.07) is 16.2. The van der Waals surface area contributed by atoms with Gasteiger partial charge >= 0.3 is 0 Å². The average molecular weight is 328 g/mol. The summed E-state index contributed by atoms with van der Waals surface area (Å²) in [7, 11) is 1.59. The summed E-state index contributed by atoms with van der Waals surface area (Å²) in [5.74, 6) is 0.371. The monoisotopic (exact) mass is 328 g/mol. The van der Waals surface area contributed by atoms with Crippen LogP contribution in [0, 0.1) is 0 Å². The highest BCUT2D eigenvalue weighted by Gasteiger charge is 2.35. The van der Waals surface area contributed by atoms with Gasteiger partial charge in [0.1, 0.15) is 11.3 Å². The number of benzene rings is 3. The Bertz CT molecular complexity index is 1210. The lowest BCUT2D eigenvalue weighted by Crippen LogP contribution is -2.19. The van der Waals surface area contributed by atoms with Crippen LogP contribution in [0.4, 0.5) is 0 Å². The second-order valence-corrected chi connectivity index (χ2v) is 6.04. The lowest BCUT2D eigenvalue weighted by Gasteiger charge is -2.13. The first-order chi connectivity index (χ1) is 12.2. The summed E-state index contributed by atoms with van der Waals surface area (Å²) in [6.45, 7) is 0. The molecule has 0 atom stereocenters. The maximum atomic E-state index is 13.1. The van der Waals surface area contributed by atoms with Crippen LogP contribution in [0.3, 0.4) is 0 Å². The molecule has 3 aromatic carbocycles. The fourth-order valence-electron chi connectivity index (χ4n) is 3.54. The number of hydrogen-bond donors (Lipinski definition) is 0. The second-order valence-electron chi connectivity index (χ2n) is 6.04. The lowest BCUT2D eigenvalue weighted by atomic mass is 9.86. The molecule has 120 valence electrons. The van der Waals surface area contributed by atoms with Crippen LogP contribution in [0.1, 0.15) is 32.0 Å². The molecule has 0 aliphatic heterocycles. The van der Waals surface area contributed by atoms with Gasteiger partial charge in [-0.1, -0.05) is 36.4 Å². The highest BCUT2D eigenvalue weighted by Crippen LogP contribution is 2.39. The van der Waals surface area contributed by atoms with Crippen molar-refractivity contribution in [1.82, 2.24) is 0 Å². The lowest BCUT2D eigenvalue weighted by molar-refractivity contribution is 0.0962. The van der Waals surface area contributed by atoms with Gasteiger partial charge in [0, 0.05) is 16.5 Å². The molecule has 0 saturated heterocycles.